The van der Waals surface area contributed by atoms with Crippen LogP contribution in [0.15, 0.2) is 59.2 Å². The second-order valence-corrected chi connectivity index (χ2v) is 13.0. The first-order valence-corrected chi connectivity index (χ1v) is 15.3. The molecule has 3 N–H and O–H groups in total. The highest BCUT2D eigenvalue weighted by Gasteiger charge is 2.24. The average Bonchev–Trinajstić information content (AvgIpc) is 3.63. The number of rotatable bonds is 8. The maximum Gasteiger partial charge on any atom is 0.244 e. The van der Waals surface area contributed by atoms with Crippen molar-refractivity contribution >= 4 is 55.5 Å². The van der Waals surface area contributed by atoms with Crippen molar-refractivity contribution in [1.82, 2.24) is 29.1 Å². The van der Waals surface area contributed by atoms with E-state index in [1.807, 2.05) is 6.20 Å². The van der Waals surface area contributed by atoms with Crippen LogP contribution in [0.4, 0.5) is 23.1 Å². The van der Waals surface area contributed by atoms with Gasteiger partial charge in [-0.25, -0.2) is 12.7 Å². The molecule has 212 valence electrons. The Kier molecular flexibility index (Phi) is 7.11. The van der Waals surface area contributed by atoms with Crippen LogP contribution in [0.3, 0.4) is 0 Å². The lowest BCUT2D eigenvalue weighted by atomic mass is 9.99. The maximum absolute atomic E-state index is 13.1. The first-order valence-electron chi connectivity index (χ1n) is 13.0. The number of anilines is 4. The number of methoxy groups -OCH3 is 1. The summed E-state index contributed by atoms with van der Waals surface area (Å²) >= 11 is 1.49. The highest BCUT2D eigenvalue weighted by molar-refractivity contribution is 7.89. The number of aromatic amines is 1. The molecular weight excluding hydrogens is 560 g/mol. The van der Waals surface area contributed by atoms with E-state index in [2.05, 4.69) is 44.7 Å². The number of ether oxygens (including phenoxy) is 1. The van der Waals surface area contributed by atoms with E-state index in [0.29, 0.717) is 28.9 Å². The summed E-state index contributed by atoms with van der Waals surface area (Å²) in [6, 6.07) is 10.9. The predicted molar refractivity (Wildman–Crippen MR) is 162 cm³/mol. The second kappa shape index (κ2) is 10.7. The molecule has 0 atom stereocenters. The minimum atomic E-state index is -3.73. The normalized spacial score (nSPS) is 13.9. The Labute approximate surface area is 242 Å². The van der Waals surface area contributed by atoms with Crippen molar-refractivity contribution in [2.45, 2.75) is 17.9 Å². The molecule has 0 aliphatic carbocycles. The standard InChI is InChI=1S/C28H30N8O3S2/c1-35(2)41(37,38)24-8-6-5-7-20(24)31-27-25-19(23-14-29-16-40-23)13-30-26(25)33-28(34-27)32-21-11-18-15-36(3)10-9-17(18)12-22(21)39-4/h5-8,11-14,16H,9-10,15H2,1-4H3,(H3,30,31,32,33,34). The zero-order valence-corrected chi connectivity index (χ0v) is 24.7. The van der Waals surface area contributed by atoms with Crippen molar-refractivity contribution in [3.05, 3.63) is 65.4 Å². The topological polar surface area (TPSA) is 128 Å². The molecule has 2 aromatic carbocycles. The highest BCUT2D eigenvalue weighted by atomic mass is 32.2. The number of aromatic nitrogens is 4. The van der Waals surface area contributed by atoms with Crippen molar-refractivity contribution < 1.29 is 13.2 Å². The van der Waals surface area contributed by atoms with Crippen molar-refractivity contribution in [2.75, 3.05) is 45.4 Å². The maximum atomic E-state index is 13.1. The average molecular weight is 591 g/mol. The van der Waals surface area contributed by atoms with E-state index in [1.54, 1.807) is 43.1 Å². The van der Waals surface area contributed by atoms with Gasteiger partial charge in [-0.05, 0) is 48.9 Å². The summed E-state index contributed by atoms with van der Waals surface area (Å²) in [6.45, 7) is 1.84. The number of H-pyrrole nitrogens is 1. The van der Waals surface area contributed by atoms with Crippen LogP contribution in [0.1, 0.15) is 11.1 Å². The first kappa shape index (κ1) is 27.1. The number of sulfonamides is 1. The third kappa shape index (κ3) is 5.12. The zero-order chi connectivity index (χ0) is 28.7. The van der Waals surface area contributed by atoms with E-state index in [9.17, 15) is 8.42 Å². The van der Waals surface area contributed by atoms with E-state index in [1.165, 1.54) is 40.9 Å². The van der Waals surface area contributed by atoms with Gasteiger partial charge in [0.15, 0.2) is 0 Å². The monoisotopic (exact) mass is 590 g/mol. The molecule has 0 radical (unpaired) electrons. The van der Waals surface area contributed by atoms with E-state index < -0.39 is 10.0 Å². The van der Waals surface area contributed by atoms with Gasteiger partial charge in [0.05, 0.1) is 34.3 Å². The van der Waals surface area contributed by atoms with Crippen LogP contribution in [-0.2, 0) is 23.0 Å². The number of fused-ring (bicyclic) bond motifs is 2. The molecule has 0 saturated heterocycles. The van der Waals surface area contributed by atoms with Crippen molar-refractivity contribution in [3.63, 3.8) is 0 Å². The number of nitrogens with zero attached hydrogens (tertiary/aromatic N) is 5. The molecule has 41 heavy (non-hydrogen) atoms. The Morgan fingerprint density at radius 3 is 2.68 bits per heavy atom. The van der Waals surface area contributed by atoms with Gasteiger partial charge in [-0.1, -0.05) is 12.1 Å². The van der Waals surface area contributed by atoms with Crippen LogP contribution in [-0.4, -0.2) is 72.4 Å². The van der Waals surface area contributed by atoms with Gasteiger partial charge in [0, 0.05) is 45.1 Å². The molecule has 4 heterocycles. The van der Waals surface area contributed by atoms with Gasteiger partial charge in [-0.15, -0.1) is 11.3 Å². The number of thiazole rings is 1. The summed E-state index contributed by atoms with van der Waals surface area (Å²) in [5.74, 6) is 1.47. The number of hydrogen-bond donors (Lipinski definition) is 3. The first-order chi connectivity index (χ1) is 19.7. The zero-order valence-electron chi connectivity index (χ0n) is 23.1. The lowest BCUT2D eigenvalue weighted by Gasteiger charge is -2.26. The van der Waals surface area contributed by atoms with E-state index >= 15 is 0 Å². The summed E-state index contributed by atoms with van der Waals surface area (Å²) in [4.78, 5) is 20.5. The highest BCUT2D eigenvalue weighted by Crippen LogP contribution is 2.39. The molecular formula is C28H30N8O3S2. The SMILES string of the molecule is COc1cc2c(cc1Nc1nc(Nc3ccccc3S(=O)(=O)N(C)C)c3c(-c4cncs4)c[nH]c3n1)CN(C)CC2. The van der Waals surface area contributed by atoms with Crippen LogP contribution < -0.4 is 15.4 Å². The lowest BCUT2D eigenvalue weighted by Crippen LogP contribution is -2.26. The molecule has 1 aliphatic rings. The van der Waals surface area contributed by atoms with Crippen molar-refractivity contribution in [1.29, 1.82) is 0 Å². The summed E-state index contributed by atoms with van der Waals surface area (Å²) in [6.07, 6.45) is 4.60. The minimum Gasteiger partial charge on any atom is -0.495 e. The minimum absolute atomic E-state index is 0.140. The Balaban J connectivity index is 1.48. The Morgan fingerprint density at radius 1 is 1.10 bits per heavy atom. The fourth-order valence-electron chi connectivity index (χ4n) is 4.96. The predicted octanol–water partition coefficient (Wildman–Crippen LogP) is 4.82. The number of benzene rings is 2. The van der Waals surface area contributed by atoms with Gasteiger partial charge in [0.25, 0.3) is 0 Å². The molecule has 6 rings (SSSR count). The molecule has 5 aromatic rings. The van der Waals surface area contributed by atoms with Gasteiger partial charge < -0.3 is 25.3 Å². The van der Waals surface area contributed by atoms with Gasteiger partial charge in [-0.3, -0.25) is 4.98 Å². The molecule has 0 amide bonds. The van der Waals surface area contributed by atoms with Gasteiger partial charge >= 0.3 is 0 Å². The fourth-order valence-corrected chi connectivity index (χ4v) is 6.64. The van der Waals surface area contributed by atoms with Crippen LogP contribution in [0.5, 0.6) is 5.75 Å². The van der Waals surface area contributed by atoms with E-state index in [-0.39, 0.29) is 4.90 Å². The molecule has 0 bridgehead atoms. The van der Waals surface area contributed by atoms with Crippen LogP contribution in [0.25, 0.3) is 21.5 Å². The third-order valence-corrected chi connectivity index (χ3v) is 9.78. The van der Waals surface area contributed by atoms with Crippen molar-refractivity contribution in [2.24, 2.45) is 0 Å². The largest absolute Gasteiger partial charge is 0.495 e. The number of para-hydroxylation sites is 1. The Bertz CT molecular complexity index is 1830. The number of hydrogen-bond acceptors (Lipinski definition) is 10. The van der Waals surface area contributed by atoms with Crippen LogP contribution in [0, 0.1) is 0 Å². The quantitative estimate of drug-likeness (QED) is 0.233. The second-order valence-electron chi connectivity index (χ2n) is 10.0. The fraction of sp³-hybridized carbons (Fsp3) is 0.250. The molecule has 1 aliphatic heterocycles. The number of likely N-dealkylation sites (N-methyl/N-ethyl adjacent to an activating group) is 1. The molecule has 0 fully saturated rings. The van der Waals surface area contributed by atoms with Gasteiger partial charge in [0.1, 0.15) is 22.1 Å². The lowest BCUT2D eigenvalue weighted by molar-refractivity contribution is 0.312. The number of nitrogens with one attached hydrogen (secondary N) is 3. The smallest absolute Gasteiger partial charge is 0.244 e. The van der Waals surface area contributed by atoms with Crippen LogP contribution in [0.2, 0.25) is 0 Å². The van der Waals surface area contributed by atoms with Crippen LogP contribution >= 0.6 is 11.3 Å². The van der Waals surface area contributed by atoms with E-state index in [0.717, 1.165) is 41.0 Å². The third-order valence-electron chi connectivity index (χ3n) is 7.10. The molecule has 13 heteroatoms. The molecule has 11 nitrogen and oxygen atoms in total. The Morgan fingerprint density at radius 2 is 1.93 bits per heavy atom. The Hall–Kier alpha value is -4.04. The molecule has 3 aromatic heterocycles. The van der Waals surface area contributed by atoms with Crippen molar-refractivity contribution in [3.8, 4) is 16.2 Å². The molecule has 0 saturated carbocycles. The summed E-state index contributed by atoms with van der Waals surface area (Å²) in [5, 5.41) is 7.38. The van der Waals surface area contributed by atoms with Gasteiger partial charge in [0.2, 0.25) is 16.0 Å². The summed E-state index contributed by atoms with van der Waals surface area (Å²) < 4.78 is 33.2. The molecule has 0 unspecified atom stereocenters. The van der Waals surface area contributed by atoms with Gasteiger partial charge in [-0.2, -0.15) is 9.97 Å². The molecule has 0 spiro atoms. The van der Waals surface area contributed by atoms with E-state index in [4.69, 9.17) is 14.7 Å². The summed E-state index contributed by atoms with van der Waals surface area (Å²) in [5.41, 5.74) is 6.83. The summed E-state index contributed by atoms with van der Waals surface area (Å²) in [7, 11) is 3.04.